The third-order valence-corrected chi connectivity index (χ3v) is 5.87. The van der Waals surface area contributed by atoms with Crippen molar-refractivity contribution in [2.75, 3.05) is 12.9 Å². The minimum Gasteiger partial charge on any atom is -0.493 e. The highest BCUT2D eigenvalue weighted by molar-refractivity contribution is 9.10. The molecule has 0 bridgehead atoms. The Hall–Kier alpha value is -2.48. The first-order valence-corrected chi connectivity index (χ1v) is 11.4. The minimum atomic E-state index is -0.197. The van der Waals surface area contributed by atoms with Gasteiger partial charge in [-0.25, -0.2) is 5.43 Å². The molecular formula is C23H20BrClN2O3S. The number of amides is 1. The smallest absolute Gasteiger partial charge is 0.250 e. The molecule has 0 fully saturated rings. The van der Waals surface area contributed by atoms with Gasteiger partial charge in [-0.2, -0.15) is 5.10 Å². The summed E-state index contributed by atoms with van der Waals surface area (Å²) in [5.74, 6) is 1.28. The summed E-state index contributed by atoms with van der Waals surface area (Å²) in [6.07, 6.45) is 1.56. The highest BCUT2D eigenvalue weighted by Gasteiger charge is 2.06. The molecule has 0 heterocycles. The first-order valence-electron chi connectivity index (χ1n) is 9.29. The molecule has 31 heavy (non-hydrogen) atoms. The molecule has 0 saturated heterocycles. The van der Waals surface area contributed by atoms with E-state index in [0.717, 1.165) is 20.5 Å². The molecule has 1 amide bonds. The van der Waals surface area contributed by atoms with Gasteiger partial charge in [0, 0.05) is 14.4 Å². The SMILES string of the molecule is COc1cc(/C=N\NC(=O)CSc2ccc(Cl)cc2)ccc1OCc1ccc(Br)cc1. The Balaban J connectivity index is 1.51. The predicted molar refractivity (Wildman–Crippen MR) is 129 cm³/mol. The number of ether oxygens (including phenoxy) is 2. The van der Waals surface area contributed by atoms with Crippen molar-refractivity contribution in [3.8, 4) is 11.5 Å². The molecular weight excluding hydrogens is 500 g/mol. The Bertz CT molecular complexity index is 1040. The van der Waals surface area contributed by atoms with Crippen LogP contribution in [-0.2, 0) is 11.4 Å². The Morgan fingerprint density at radius 3 is 2.55 bits per heavy atom. The number of carbonyl (C=O) groups excluding carboxylic acids is 1. The van der Waals surface area contributed by atoms with Crippen LogP contribution in [0.15, 0.2) is 81.2 Å². The molecule has 5 nitrogen and oxygen atoms in total. The largest absolute Gasteiger partial charge is 0.493 e. The lowest BCUT2D eigenvalue weighted by atomic mass is 10.2. The van der Waals surface area contributed by atoms with Crippen LogP contribution in [0, 0.1) is 0 Å². The van der Waals surface area contributed by atoms with Crippen LogP contribution in [0.3, 0.4) is 0 Å². The van der Waals surface area contributed by atoms with Gasteiger partial charge in [0.2, 0.25) is 5.91 Å². The molecule has 3 rings (SSSR count). The summed E-state index contributed by atoms with van der Waals surface area (Å²) in [5.41, 5.74) is 4.35. The van der Waals surface area contributed by atoms with Crippen molar-refractivity contribution in [3.05, 3.63) is 87.4 Å². The van der Waals surface area contributed by atoms with Crippen molar-refractivity contribution < 1.29 is 14.3 Å². The van der Waals surface area contributed by atoms with Crippen molar-refractivity contribution in [1.29, 1.82) is 0 Å². The average molecular weight is 520 g/mol. The van der Waals surface area contributed by atoms with Crippen molar-refractivity contribution in [2.24, 2.45) is 5.10 Å². The van der Waals surface area contributed by atoms with Crippen LogP contribution in [-0.4, -0.2) is 25.0 Å². The van der Waals surface area contributed by atoms with E-state index < -0.39 is 0 Å². The van der Waals surface area contributed by atoms with E-state index in [-0.39, 0.29) is 11.7 Å². The van der Waals surface area contributed by atoms with E-state index >= 15 is 0 Å². The molecule has 0 atom stereocenters. The van der Waals surface area contributed by atoms with Gasteiger partial charge < -0.3 is 9.47 Å². The zero-order valence-corrected chi connectivity index (χ0v) is 19.8. The molecule has 0 radical (unpaired) electrons. The highest BCUT2D eigenvalue weighted by Crippen LogP contribution is 2.28. The molecule has 1 N–H and O–H groups in total. The Labute approximate surface area is 198 Å². The maximum absolute atomic E-state index is 12.0. The lowest BCUT2D eigenvalue weighted by Gasteiger charge is -2.11. The van der Waals surface area contributed by atoms with Gasteiger partial charge in [-0.15, -0.1) is 11.8 Å². The molecule has 0 aliphatic carbocycles. The van der Waals surface area contributed by atoms with Crippen LogP contribution in [0.2, 0.25) is 5.02 Å². The summed E-state index contributed by atoms with van der Waals surface area (Å²) in [7, 11) is 1.58. The van der Waals surface area contributed by atoms with Crippen molar-refractivity contribution in [1.82, 2.24) is 5.43 Å². The zero-order chi connectivity index (χ0) is 22.1. The molecule has 0 unspecified atom stereocenters. The Morgan fingerprint density at radius 2 is 1.84 bits per heavy atom. The van der Waals surface area contributed by atoms with Gasteiger partial charge in [-0.3, -0.25) is 4.79 Å². The zero-order valence-electron chi connectivity index (χ0n) is 16.7. The summed E-state index contributed by atoms with van der Waals surface area (Å²) in [6.45, 7) is 0.429. The predicted octanol–water partition coefficient (Wildman–Crippen LogP) is 5.93. The topological polar surface area (TPSA) is 59.9 Å². The van der Waals surface area contributed by atoms with Crippen LogP contribution in [0.5, 0.6) is 11.5 Å². The van der Waals surface area contributed by atoms with Gasteiger partial charge in [0.25, 0.3) is 0 Å². The normalized spacial score (nSPS) is 10.8. The van der Waals surface area contributed by atoms with Gasteiger partial charge in [0.1, 0.15) is 6.61 Å². The number of benzene rings is 3. The molecule has 8 heteroatoms. The Kier molecular flexibility index (Phi) is 8.82. The standard InChI is InChI=1S/C23H20BrClN2O3S/c1-29-22-12-17(4-11-21(22)30-14-16-2-5-18(24)6-3-16)13-26-27-23(28)15-31-20-9-7-19(25)8-10-20/h2-13H,14-15H2,1H3,(H,27,28)/b26-13-. The second-order valence-electron chi connectivity index (χ2n) is 6.36. The van der Waals surface area contributed by atoms with Crippen LogP contribution in [0.25, 0.3) is 0 Å². The lowest BCUT2D eigenvalue weighted by Crippen LogP contribution is -2.19. The van der Waals surface area contributed by atoms with Gasteiger partial charge >= 0.3 is 0 Å². The van der Waals surface area contributed by atoms with Crippen LogP contribution in [0.4, 0.5) is 0 Å². The van der Waals surface area contributed by atoms with E-state index in [4.69, 9.17) is 21.1 Å². The van der Waals surface area contributed by atoms with E-state index in [9.17, 15) is 4.79 Å². The number of rotatable bonds is 9. The summed E-state index contributed by atoms with van der Waals surface area (Å²) >= 11 is 10.7. The number of thioether (sulfide) groups is 1. The quantitative estimate of drug-likeness (QED) is 0.216. The molecule has 3 aromatic rings. The van der Waals surface area contributed by atoms with Crippen LogP contribution < -0.4 is 14.9 Å². The number of nitrogens with one attached hydrogen (secondary N) is 1. The minimum absolute atomic E-state index is 0.197. The van der Waals surface area contributed by atoms with Gasteiger partial charge in [0.15, 0.2) is 11.5 Å². The number of nitrogens with zero attached hydrogens (tertiary/aromatic N) is 1. The molecule has 0 aromatic heterocycles. The first kappa shape index (κ1) is 23.2. The second kappa shape index (κ2) is 11.8. The lowest BCUT2D eigenvalue weighted by molar-refractivity contribution is -0.118. The maximum Gasteiger partial charge on any atom is 0.250 e. The summed E-state index contributed by atoms with van der Waals surface area (Å²) in [6, 6.07) is 20.7. The molecule has 3 aromatic carbocycles. The van der Waals surface area contributed by atoms with Crippen molar-refractivity contribution in [3.63, 3.8) is 0 Å². The van der Waals surface area contributed by atoms with E-state index in [2.05, 4.69) is 26.5 Å². The van der Waals surface area contributed by atoms with Crippen molar-refractivity contribution in [2.45, 2.75) is 11.5 Å². The second-order valence-corrected chi connectivity index (χ2v) is 8.76. The summed E-state index contributed by atoms with van der Waals surface area (Å²) < 4.78 is 12.3. The number of hydrogen-bond acceptors (Lipinski definition) is 5. The monoisotopic (exact) mass is 518 g/mol. The summed E-state index contributed by atoms with van der Waals surface area (Å²) in [4.78, 5) is 12.9. The fourth-order valence-corrected chi connectivity index (χ4v) is 3.60. The molecule has 0 saturated carbocycles. The van der Waals surface area contributed by atoms with E-state index in [1.807, 2.05) is 48.5 Å². The molecule has 0 aliphatic rings. The fourth-order valence-electron chi connectivity index (χ4n) is 2.52. The fraction of sp³-hybridized carbons (Fsp3) is 0.130. The molecule has 0 aliphatic heterocycles. The maximum atomic E-state index is 12.0. The van der Waals surface area contributed by atoms with Gasteiger partial charge in [-0.05, 0) is 65.7 Å². The summed E-state index contributed by atoms with van der Waals surface area (Å²) in [5, 5.41) is 4.68. The number of carbonyl (C=O) groups is 1. The number of hydrazone groups is 1. The number of methoxy groups -OCH3 is 1. The van der Waals surface area contributed by atoms with Crippen LogP contribution in [0.1, 0.15) is 11.1 Å². The van der Waals surface area contributed by atoms with E-state index in [1.165, 1.54) is 11.8 Å². The molecule has 0 spiro atoms. The van der Waals surface area contributed by atoms with E-state index in [0.29, 0.717) is 23.1 Å². The highest BCUT2D eigenvalue weighted by atomic mass is 79.9. The average Bonchev–Trinajstić information content (AvgIpc) is 2.78. The number of hydrogen-bond donors (Lipinski definition) is 1. The molecule has 160 valence electrons. The Morgan fingerprint density at radius 1 is 1.10 bits per heavy atom. The van der Waals surface area contributed by atoms with E-state index in [1.54, 1.807) is 31.5 Å². The van der Waals surface area contributed by atoms with Gasteiger partial charge in [-0.1, -0.05) is 39.7 Å². The first-order chi connectivity index (χ1) is 15.0. The third-order valence-electron chi connectivity index (χ3n) is 4.08. The van der Waals surface area contributed by atoms with Crippen molar-refractivity contribution >= 4 is 51.4 Å². The third kappa shape index (κ3) is 7.61. The van der Waals surface area contributed by atoms with Crippen LogP contribution >= 0.6 is 39.3 Å². The number of halogens is 2. The van der Waals surface area contributed by atoms with Gasteiger partial charge in [0.05, 0.1) is 19.1 Å².